The number of rotatable bonds is 4. The van der Waals surface area contributed by atoms with Gasteiger partial charge in [0.15, 0.2) is 0 Å². The highest BCUT2D eigenvalue weighted by atomic mass is 16.1. The Morgan fingerprint density at radius 1 is 1.53 bits per heavy atom. The van der Waals surface area contributed by atoms with E-state index in [2.05, 4.69) is 29.5 Å². The van der Waals surface area contributed by atoms with Gasteiger partial charge in [-0.15, -0.1) is 0 Å². The molecule has 0 saturated carbocycles. The largest absolute Gasteiger partial charge is 0.355 e. The van der Waals surface area contributed by atoms with Crippen LogP contribution in [0.3, 0.4) is 0 Å². The van der Waals surface area contributed by atoms with Gasteiger partial charge in [0.1, 0.15) is 0 Å². The van der Waals surface area contributed by atoms with Crippen molar-refractivity contribution in [2.45, 2.75) is 38.8 Å². The number of hydrogen-bond donors (Lipinski definition) is 2. The fraction of sp³-hybridized carbons (Fsp3) is 0.909. The van der Waals surface area contributed by atoms with E-state index in [1.807, 2.05) is 6.92 Å². The molecule has 0 aromatic heterocycles. The number of carbonyl (C=O) groups is 1. The van der Waals surface area contributed by atoms with Crippen molar-refractivity contribution >= 4 is 5.91 Å². The minimum Gasteiger partial charge on any atom is -0.355 e. The van der Waals surface area contributed by atoms with Crippen LogP contribution >= 0.6 is 0 Å². The van der Waals surface area contributed by atoms with Gasteiger partial charge in [-0.2, -0.15) is 0 Å². The highest BCUT2D eigenvalue weighted by molar-refractivity contribution is 5.77. The molecule has 1 heterocycles. The number of hydrogen-bond acceptors (Lipinski definition) is 3. The summed E-state index contributed by atoms with van der Waals surface area (Å²) in [5, 5.41) is 6.11. The van der Waals surface area contributed by atoms with Gasteiger partial charge in [-0.25, -0.2) is 0 Å². The van der Waals surface area contributed by atoms with Gasteiger partial charge < -0.3 is 15.5 Å². The standard InChI is InChI=1S/C11H23N3O/c1-4-12-11(15)8-13-10-5-6-14(3)9(2)7-10/h9-10,13H,4-8H2,1-3H3,(H,12,15). The third kappa shape index (κ3) is 4.18. The molecule has 2 unspecified atom stereocenters. The Hall–Kier alpha value is -0.610. The number of piperidine rings is 1. The molecule has 1 aliphatic rings. The molecule has 1 amide bonds. The Morgan fingerprint density at radius 2 is 2.27 bits per heavy atom. The van der Waals surface area contributed by atoms with Gasteiger partial charge >= 0.3 is 0 Å². The summed E-state index contributed by atoms with van der Waals surface area (Å²) in [6, 6.07) is 1.12. The van der Waals surface area contributed by atoms with E-state index in [-0.39, 0.29) is 5.91 Å². The van der Waals surface area contributed by atoms with E-state index in [4.69, 9.17) is 0 Å². The number of carbonyl (C=O) groups excluding carboxylic acids is 1. The second-order valence-electron chi connectivity index (χ2n) is 4.39. The van der Waals surface area contributed by atoms with Crippen LogP contribution in [0.25, 0.3) is 0 Å². The van der Waals surface area contributed by atoms with E-state index < -0.39 is 0 Å². The van der Waals surface area contributed by atoms with Crippen LogP contribution in [0.4, 0.5) is 0 Å². The molecule has 4 heteroatoms. The van der Waals surface area contributed by atoms with E-state index in [1.54, 1.807) is 0 Å². The van der Waals surface area contributed by atoms with Gasteiger partial charge in [-0.3, -0.25) is 4.79 Å². The Bertz CT molecular complexity index is 208. The maximum atomic E-state index is 11.2. The van der Waals surface area contributed by atoms with Crippen molar-refractivity contribution in [2.75, 3.05) is 26.7 Å². The van der Waals surface area contributed by atoms with Crippen molar-refractivity contribution in [3.8, 4) is 0 Å². The van der Waals surface area contributed by atoms with E-state index in [0.29, 0.717) is 25.2 Å². The van der Waals surface area contributed by atoms with Crippen molar-refractivity contribution in [2.24, 2.45) is 0 Å². The number of amides is 1. The molecule has 4 nitrogen and oxygen atoms in total. The van der Waals surface area contributed by atoms with Crippen molar-refractivity contribution in [1.82, 2.24) is 15.5 Å². The summed E-state index contributed by atoms with van der Waals surface area (Å²) in [6.45, 7) is 6.46. The van der Waals surface area contributed by atoms with Crippen molar-refractivity contribution in [3.63, 3.8) is 0 Å². The zero-order valence-corrected chi connectivity index (χ0v) is 10.0. The molecular formula is C11H23N3O. The average Bonchev–Trinajstić information content (AvgIpc) is 2.20. The Balaban J connectivity index is 2.19. The third-order valence-electron chi connectivity index (χ3n) is 3.13. The van der Waals surface area contributed by atoms with Crippen LogP contribution in [0.2, 0.25) is 0 Å². The lowest BCUT2D eigenvalue weighted by molar-refractivity contribution is -0.120. The highest BCUT2D eigenvalue weighted by Crippen LogP contribution is 2.14. The number of likely N-dealkylation sites (tertiary alicyclic amines) is 1. The van der Waals surface area contributed by atoms with Crippen molar-refractivity contribution < 1.29 is 4.79 Å². The number of likely N-dealkylation sites (N-methyl/N-ethyl adjacent to an activating group) is 1. The quantitative estimate of drug-likeness (QED) is 0.701. The number of nitrogens with one attached hydrogen (secondary N) is 2. The van der Waals surface area contributed by atoms with Gasteiger partial charge in [-0.05, 0) is 40.3 Å². The summed E-state index contributed by atoms with van der Waals surface area (Å²) >= 11 is 0. The first kappa shape index (κ1) is 12.5. The molecule has 2 N–H and O–H groups in total. The van der Waals surface area contributed by atoms with Crippen LogP contribution in [0.15, 0.2) is 0 Å². The fourth-order valence-corrected chi connectivity index (χ4v) is 1.97. The lowest BCUT2D eigenvalue weighted by Crippen LogP contribution is -2.48. The lowest BCUT2D eigenvalue weighted by Gasteiger charge is -2.35. The Labute approximate surface area is 92.4 Å². The molecule has 0 aliphatic carbocycles. The summed E-state index contributed by atoms with van der Waals surface area (Å²) < 4.78 is 0. The summed E-state index contributed by atoms with van der Waals surface area (Å²) in [4.78, 5) is 13.6. The molecule has 0 bridgehead atoms. The first-order valence-electron chi connectivity index (χ1n) is 5.83. The lowest BCUT2D eigenvalue weighted by atomic mass is 9.99. The van der Waals surface area contributed by atoms with Crippen LogP contribution in [0, 0.1) is 0 Å². The second kappa shape index (κ2) is 6.08. The summed E-state index contributed by atoms with van der Waals surface area (Å²) in [6.07, 6.45) is 2.27. The van der Waals surface area contributed by atoms with Gasteiger partial charge in [0.05, 0.1) is 6.54 Å². The smallest absolute Gasteiger partial charge is 0.233 e. The summed E-state index contributed by atoms with van der Waals surface area (Å²) in [5.74, 6) is 0.101. The highest BCUT2D eigenvalue weighted by Gasteiger charge is 2.22. The van der Waals surface area contributed by atoms with Gasteiger partial charge in [0.25, 0.3) is 0 Å². The molecule has 88 valence electrons. The normalized spacial score (nSPS) is 27.7. The maximum absolute atomic E-state index is 11.2. The van der Waals surface area contributed by atoms with Crippen LogP contribution in [-0.2, 0) is 4.79 Å². The molecule has 0 aromatic carbocycles. The van der Waals surface area contributed by atoms with Crippen LogP contribution < -0.4 is 10.6 Å². The summed E-state index contributed by atoms with van der Waals surface area (Å²) in [7, 11) is 2.16. The molecule has 0 aromatic rings. The topological polar surface area (TPSA) is 44.4 Å². The molecule has 0 radical (unpaired) electrons. The third-order valence-corrected chi connectivity index (χ3v) is 3.13. The minimum atomic E-state index is 0.101. The monoisotopic (exact) mass is 213 g/mol. The molecular weight excluding hydrogens is 190 g/mol. The first-order chi connectivity index (χ1) is 7.13. The predicted molar refractivity (Wildman–Crippen MR) is 61.8 cm³/mol. The van der Waals surface area contributed by atoms with E-state index in [1.165, 1.54) is 0 Å². The van der Waals surface area contributed by atoms with Crippen LogP contribution in [-0.4, -0.2) is 49.6 Å². The van der Waals surface area contributed by atoms with E-state index >= 15 is 0 Å². The average molecular weight is 213 g/mol. The zero-order valence-electron chi connectivity index (χ0n) is 10.0. The van der Waals surface area contributed by atoms with Gasteiger partial charge in [-0.1, -0.05) is 0 Å². The van der Waals surface area contributed by atoms with Crippen molar-refractivity contribution in [3.05, 3.63) is 0 Å². The Kier molecular flexibility index (Phi) is 5.05. The molecule has 1 aliphatic heterocycles. The van der Waals surface area contributed by atoms with Gasteiger partial charge in [0.2, 0.25) is 5.91 Å². The molecule has 1 fully saturated rings. The Morgan fingerprint density at radius 3 is 2.87 bits per heavy atom. The number of nitrogens with zero attached hydrogens (tertiary/aromatic N) is 1. The van der Waals surface area contributed by atoms with Crippen molar-refractivity contribution in [1.29, 1.82) is 0 Å². The molecule has 1 rings (SSSR count). The summed E-state index contributed by atoms with van der Waals surface area (Å²) in [5.41, 5.74) is 0. The molecule has 1 saturated heterocycles. The van der Waals surface area contributed by atoms with Crippen LogP contribution in [0.5, 0.6) is 0 Å². The van der Waals surface area contributed by atoms with Crippen LogP contribution in [0.1, 0.15) is 26.7 Å². The molecule has 2 atom stereocenters. The van der Waals surface area contributed by atoms with E-state index in [9.17, 15) is 4.79 Å². The minimum absolute atomic E-state index is 0.101. The molecule has 0 spiro atoms. The predicted octanol–water partition coefficient (Wildman–Crippen LogP) is 0.195. The fourth-order valence-electron chi connectivity index (χ4n) is 1.97. The maximum Gasteiger partial charge on any atom is 0.233 e. The first-order valence-corrected chi connectivity index (χ1v) is 5.83. The van der Waals surface area contributed by atoms with E-state index in [0.717, 1.165) is 19.4 Å². The second-order valence-corrected chi connectivity index (χ2v) is 4.39. The molecule has 15 heavy (non-hydrogen) atoms. The SMILES string of the molecule is CCNC(=O)CNC1CCN(C)C(C)C1. The van der Waals surface area contributed by atoms with Gasteiger partial charge in [0, 0.05) is 18.6 Å². The zero-order chi connectivity index (χ0) is 11.3.